The molecular weight excluding hydrogens is 332 g/mol. The zero-order valence-electron chi connectivity index (χ0n) is 13.7. The third-order valence-electron chi connectivity index (χ3n) is 3.61. The summed E-state index contributed by atoms with van der Waals surface area (Å²) in [6.07, 6.45) is 1.80. The average molecular weight is 351 g/mol. The van der Waals surface area contributed by atoms with E-state index < -0.39 is 0 Å². The van der Waals surface area contributed by atoms with Crippen molar-refractivity contribution in [2.24, 2.45) is 5.10 Å². The number of nitrogens with one attached hydrogen (secondary N) is 1. The van der Waals surface area contributed by atoms with E-state index in [-0.39, 0.29) is 0 Å². The lowest BCUT2D eigenvalue weighted by molar-refractivity contribution is 0.306. The van der Waals surface area contributed by atoms with Gasteiger partial charge in [0, 0.05) is 5.02 Å². The number of nitrogens with zero attached hydrogens (tertiary/aromatic N) is 1. The molecule has 0 aromatic heterocycles. The summed E-state index contributed by atoms with van der Waals surface area (Å²) in [6, 6.07) is 25.6. The van der Waals surface area contributed by atoms with Gasteiger partial charge in [0.05, 0.1) is 12.8 Å². The van der Waals surface area contributed by atoms with Crippen LogP contribution < -0.4 is 10.2 Å². The van der Waals surface area contributed by atoms with Gasteiger partial charge in [-0.15, -0.1) is 0 Å². The fraction of sp³-hybridized carbons (Fsp3) is 0.0952. The Morgan fingerprint density at radius 1 is 0.880 bits per heavy atom. The molecule has 25 heavy (non-hydrogen) atoms. The van der Waals surface area contributed by atoms with Crippen molar-refractivity contribution in [3.8, 4) is 5.75 Å². The van der Waals surface area contributed by atoms with Gasteiger partial charge >= 0.3 is 0 Å². The molecule has 0 saturated heterocycles. The van der Waals surface area contributed by atoms with Gasteiger partial charge in [-0.2, -0.15) is 5.10 Å². The first-order valence-electron chi connectivity index (χ1n) is 8.07. The smallest absolute Gasteiger partial charge is 0.119 e. The second-order valence-corrected chi connectivity index (χ2v) is 6.00. The number of benzene rings is 3. The number of halogens is 1. The Labute approximate surface area is 152 Å². The van der Waals surface area contributed by atoms with Crippen LogP contribution in [0.5, 0.6) is 5.75 Å². The van der Waals surface area contributed by atoms with Gasteiger partial charge in [-0.05, 0) is 53.1 Å². The molecule has 0 aliphatic carbocycles. The molecule has 3 aromatic rings. The molecule has 0 bridgehead atoms. The zero-order valence-corrected chi connectivity index (χ0v) is 14.5. The zero-order chi connectivity index (χ0) is 17.3. The van der Waals surface area contributed by atoms with E-state index in [1.54, 1.807) is 6.21 Å². The molecule has 0 spiro atoms. The van der Waals surface area contributed by atoms with Crippen molar-refractivity contribution >= 4 is 17.8 Å². The van der Waals surface area contributed by atoms with Crippen molar-refractivity contribution in [3.63, 3.8) is 0 Å². The lowest BCUT2D eigenvalue weighted by Crippen LogP contribution is -2.05. The van der Waals surface area contributed by atoms with Crippen molar-refractivity contribution in [1.82, 2.24) is 5.43 Å². The fourth-order valence-electron chi connectivity index (χ4n) is 2.30. The third kappa shape index (κ3) is 5.66. The van der Waals surface area contributed by atoms with Crippen LogP contribution in [0.3, 0.4) is 0 Å². The molecule has 0 aliphatic rings. The van der Waals surface area contributed by atoms with E-state index in [0.29, 0.717) is 13.2 Å². The molecule has 0 radical (unpaired) electrons. The predicted molar refractivity (Wildman–Crippen MR) is 103 cm³/mol. The molecular formula is C21H19ClN2O. The van der Waals surface area contributed by atoms with Gasteiger partial charge in [-0.3, -0.25) is 0 Å². The minimum absolute atomic E-state index is 0.493. The van der Waals surface area contributed by atoms with Crippen molar-refractivity contribution in [1.29, 1.82) is 0 Å². The maximum atomic E-state index is 5.97. The van der Waals surface area contributed by atoms with Crippen molar-refractivity contribution in [2.75, 3.05) is 0 Å². The van der Waals surface area contributed by atoms with Gasteiger partial charge in [0.25, 0.3) is 0 Å². The average Bonchev–Trinajstić information content (AvgIpc) is 2.65. The highest BCUT2D eigenvalue weighted by Gasteiger charge is 1.97. The summed E-state index contributed by atoms with van der Waals surface area (Å²) in [7, 11) is 0. The minimum Gasteiger partial charge on any atom is -0.489 e. The lowest BCUT2D eigenvalue weighted by Gasteiger charge is -2.07. The second kappa shape index (κ2) is 8.90. The van der Waals surface area contributed by atoms with E-state index in [4.69, 9.17) is 16.3 Å². The maximum absolute atomic E-state index is 5.97. The Balaban J connectivity index is 1.47. The molecule has 0 fully saturated rings. The van der Waals surface area contributed by atoms with Gasteiger partial charge in [0.1, 0.15) is 12.4 Å². The molecule has 0 heterocycles. The fourth-order valence-corrected chi connectivity index (χ4v) is 2.51. The first kappa shape index (κ1) is 17.1. The summed E-state index contributed by atoms with van der Waals surface area (Å²) in [5.74, 6) is 0.814. The second-order valence-electron chi connectivity index (χ2n) is 5.57. The minimum atomic E-state index is 0.493. The summed E-state index contributed by atoms with van der Waals surface area (Å²) in [5, 5.41) is 4.96. The van der Waals surface area contributed by atoms with Crippen LogP contribution >= 0.6 is 11.6 Å². The quantitative estimate of drug-likeness (QED) is 0.478. The lowest BCUT2D eigenvalue weighted by atomic mass is 10.2. The predicted octanol–water partition coefficient (Wildman–Crippen LogP) is 5.04. The molecule has 0 atom stereocenters. The number of hydrogen-bond acceptors (Lipinski definition) is 3. The molecule has 3 nitrogen and oxygen atoms in total. The van der Waals surface area contributed by atoms with E-state index in [2.05, 4.69) is 22.7 Å². The topological polar surface area (TPSA) is 33.6 Å². The molecule has 0 saturated carbocycles. The SMILES string of the molecule is Clc1cccc(COc2ccc(C=NNCc3ccccc3)cc2)c1. The summed E-state index contributed by atoms with van der Waals surface area (Å²) in [6.45, 7) is 1.20. The van der Waals surface area contributed by atoms with Crippen LogP contribution in [0.2, 0.25) is 5.02 Å². The Bertz CT molecular complexity index is 817. The molecule has 0 amide bonds. The number of ether oxygens (including phenoxy) is 1. The van der Waals surface area contributed by atoms with Crippen LogP contribution in [0.25, 0.3) is 0 Å². The molecule has 0 unspecified atom stereocenters. The Hall–Kier alpha value is -2.78. The molecule has 3 aromatic carbocycles. The van der Waals surface area contributed by atoms with E-state index in [0.717, 1.165) is 21.9 Å². The first-order chi connectivity index (χ1) is 12.3. The number of hydrazone groups is 1. The highest BCUT2D eigenvalue weighted by atomic mass is 35.5. The van der Waals surface area contributed by atoms with Crippen molar-refractivity contribution in [3.05, 3.63) is 101 Å². The Morgan fingerprint density at radius 2 is 1.64 bits per heavy atom. The molecule has 3 rings (SSSR count). The number of hydrogen-bond donors (Lipinski definition) is 1. The highest BCUT2D eigenvalue weighted by molar-refractivity contribution is 6.30. The van der Waals surface area contributed by atoms with Gasteiger partial charge in [0.15, 0.2) is 0 Å². The van der Waals surface area contributed by atoms with E-state index >= 15 is 0 Å². The van der Waals surface area contributed by atoms with E-state index in [1.807, 2.05) is 66.7 Å². The largest absolute Gasteiger partial charge is 0.489 e. The maximum Gasteiger partial charge on any atom is 0.119 e. The van der Waals surface area contributed by atoms with Gasteiger partial charge in [-0.1, -0.05) is 54.1 Å². The van der Waals surface area contributed by atoms with Crippen molar-refractivity contribution in [2.45, 2.75) is 13.2 Å². The van der Waals surface area contributed by atoms with Gasteiger partial charge in [-0.25, -0.2) is 0 Å². The summed E-state index contributed by atoms with van der Waals surface area (Å²) >= 11 is 5.97. The molecule has 4 heteroatoms. The standard InChI is InChI=1S/C21H19ClN2O/c22-20-8-4-7-19(13-20)16-25-21-11-9-18(10-12-21)15-24-23-14-17-5-2-1-3-6-17/h1-13,15,23H,14,16H2. The van der Waals surface area contributed by atoms with Crippen LogP contribution in [-0.4, -0.2) is 6.21 Å². The summed E-state index contributed by atoms with van der Waals surface area (Å²) in [4.78, 5) is 0. The van der Waals surface area contributed by atoms with Gasteiger partial charge < -0.3 is 10.2 Å². The third-order valence-corrected chi connectivity index (χ3v) is 3.84. The van der Waals surface area contributed by atoms with E-state index in [1.165, 1.54) is 5.56 Å². The van der Waals surface area contributed by atoms with Crippen LogP contribution in [0.15, 0.2) is 84.0 Å². The van der Waals surface area contributed by atoms with Crippen LogP contribution in [0.4, 0.5) is 0 Å². The first-order valence-corrected chi connectivity index (χ1v) is 8.44. The number of rotatable bonds is 7. The van der Waals surface area contributed by atoms with Crippen molar-refractivity contribution < 1.29 is 4.74 Å². The molecule has 126 valence electrons. The van der Waals surface area contributed by atoms with Gasteiger partial charge in [0.2, 0.25) is 0 Å². The van der Waals surface area contributed by atoms with Crippen LogP contribution in [-0.2, 0) is 13.2 Å². The van der Waals surface area contributed by atoms with E-state index in [9.17, 15) is 0 Å². The normalized spacial score (nSPS) is 10.8. The molecule has 1 N–H and O–H groups in total. The Morgan fingerprint density at radius 3 is 2.40 bits per heavy atom. The monoisotopic (exact) mass is 350 g/mol. The summed E-state index contributed by atoms with van der Waals surface area (Å²) in [5.41, 5.74) is 6.30. The molecule has 0 aliphatic heterocycles. The van der Waals surface area contributed by atoms with Crippen LogP contribution in [0, 0.1) is 0 Å². The summed E-state index contributed by atoms with van der Waals surface area (Å²) < 4.78 is 5.77. The highest BCUT2D eigenvalue weighted by Crippen LogP contribution is 2.15. The Kier molecular flexibility index (Phi) is 6.07. The van der Waals surface area contributed by atoms with Crippen LogP contribution in [0.1, 0.15) is 16.7 Å².